The Hall–Kier alpha value is -2.04. The van der Waals surface area contributed by atoms with Crippen molar-refractivity contribution in [1.29, 1.82) is 0 Å². The molecule has 0 radical (unpaired) electrons. The van der Waals surface area contributed by atoms with Gasteiger partial charge in [0.25, 0.3) is 0 Å². The maximum atomic E-state index is 11.4. The van der Waals surface area contributed by atoms with Crippen LogP contribution in [0.2, 0.25) is 0 Å². The predicted molar refractivity (Wildman–Crippen MR) is 56.7 cm³/mol. The fourth-order valence-electron chi connectivity index (χ4n) is 1.66. The van der Waals surface area contributed by atoms with Crippen molar-refractivity contribution >= 4 is 17.6 Å². The summed E-state index contributed by atoms with van der Waals surface area (Å²) in [5.41, 5.74) is 1.73. The van der Waals surface area contributed by atoms with E-state index in [1.165, 1.54) is 0 Å². The van der Waals surface area contributed by atoms with Crippen LogP contribution in [0.3, 0.4) is 0 Å². The van der Waals surface area contributed by atoms with Crippen LogP contribution >= 0.6 is 0 Å². The minimum atomic E-state index is -1.02. The van der Waals surface area contributed by atoms with Gasteiger partial charge in [-0.1, -0.05) is 6.07 Å². The molecule has 1 amide bonds. The van der Waals surface area contributed by atoms with E-state index in [0.717, 1.165) is 11.3 Å². The fourth-order valence-corrected chi connectivity index (χ4v) is 1.66. The molecule has 1 aliphatic heterocycles. The molecule has 16 heavy (non-hydrogen) atoms. The average molecular weight is 221 g/mol. The molecule has 0 saturated heterocycles. The Labute approximate surface area is 92.2 Å². The van der Waals surface area contributed by atoms with E-state index >= 15 is 0 Å². The zero-order valence-electron chi connectivity index (χ0n) is 8.77. The van der Waals surface area contributed by atoms with Crippen molar-refractivity contribution in [2.75, 3.05) is 18.6 Å². The number of carbonyl (C=O) groups excluding carboxylic acids is 1. The van der Waals surface area contributed by atoms with Crippen molar-refractivity contribution in [2.24, 2.45) is 0 Å². The molecular formula is C11H11NO4. The van der Waals surface area contributed by atoms with E-state index in [1.807, 2.05) is 0 Å². The topological polar surface area (TPSA) is 66.8 Å². The molecule has 1 heterocycles. The van der Waals surface area contributed by atoms with Gasteiger partial charge in [-0.3, -0.25) is 4.79 Å². The van der Waals surface area contributed by atoms with Gasteiger partial charge in [0.2, 0.25) is 5.91 Å². The maximum Gasteiger partial charge on any atom is 0.341 e. The first-order chi connectivity index (χ1) is 7.58. The molecule has 0 bridgehead atoms. The van der Waals surface area contributed by atoms with E-state index in [2.05, 4.69) is 0 Å². The van der Waals surface area contributed by atoms with Crippen LogP contribution in [0.4, 0.5) is 5.69 Å². The molecule has 0 aliphatic carbocycles. The molecule has 0 saturated carbocycles. The highest BCUT2D eigenvalue weighted by Gasteiger charge is 2.24. The molecule has 1 N–H and O–H groups in total. The predicted octanol–water partition coefficient (Wildman–Crippen LogP) is 0.669. The van der Waals surface area contributed by atoms with Crippen molar-refractivity contribution in [3.05, 3.63) is 23.8 Å². The monoisotopic (exact) mass is 221 g/mol. The van der Waals surface area contributed by atoms with Crippen molar-refractivity contribution in [3.63, 3.8) is 0 Å². The summed E-state index contributed by atoms with van der Waals surface area (Å²) in [6, 6.07) is 5.14. The van der Waals surface area contributed by atoms with Crippen molar-refractivity contribution < 1.29 is 19.4 Å². The minimum Gasteiger partial charge on any atom is -0.482 e. The van der Waals surface area contributed by atoms with Crippen LogP contribution in [0.5, 0.6) is 5.75 Å². The molecule has 0 atom stereocenters. The van der Waals surface area contributed by atoms with E-state index in [4.69, 9.17) is 9.84 Å². The van der Waals surface area contributed by atoms with Gasteiger partial charge >= 0.3 is 5.97 Å². The molecule has 1 aromatic rings. The molecule has 5 heteroatoms. The second-order valence-electron chi connectivity index (χ2n) is 3.60. The van der Waals surface area contributed by atoms with Crippen molar-refractivity contribution in [1.82, 2.24) is 0 Å². The third-order valence-electron chi connectivity index (χ3n) is 2.50. The highest BCUT2D eigenvalue weighted by Crippen LogP contribution is 2.31. The number of nitrogens with zero attached hydrogens (tertiary/aromatic N) is 1. The van der Waals surface area contributed by atoms with Gasteiger partial charge in [0.05, 0.1) is 12.1 Å². The number of rotatable bonds is 3. The van der Waals surface area contributed by atoms with Crippen molar-refractivity contribution in [3.8, 4) is 5.75 Å². The summed E-state index contributed by atoms with van der Waals surface area (Å²) >= 11 is 0. The number of carboxylic acids is 1. The molecule has 0 unspecified atom stereocenters. The van der Waals surface area contributed by atoms with Gasteiger partial charge in [0.1, 0.15) is 5.75 Å². The van der Waals surface area contributed by atoms with Gasteiger partial charge in [0.15, 0.2) is 6.61 Å². The van der Waals surface area contributed by atoms with Crippen LogP contribution in [0.25, 0.3) is 0 Å². The lowest BCUT2D eigenvalue weighted by Crippen LogP contribution is -2.20. The van der Waals surface area contributed by atoms with Crippen LogP contribution < -0.4 is 9.64 Å². The molecule has 0 aromatic heterocycles. The van der Waals surface area contributed by atoms with E-state index < -0.39 is 5.97 Å². The number of ether oxygens (including phenoxy) is 1. The SMILES string of the molecule is CN1C(=O)Cc2ccc(OCC(=O)O)cc21. The largest absolute Gasteiger partial charge is 0.482 e. The lowest BCUT2D eigenvalue weighted by molar-refractivity contribution is -0.139. The van der Waals surface area contributed by atoms with E-state index in [9.17, 15) is 9.59 Å². The third-order valence-corrected chi connectivity index (χ3v) is 2.50. The average Bonchev–Trinajstić information content (AvgIpc) is 2.52. The van der Waals surface area contributed by atoms with E-state index in [1.54, 1.807) is 30.1 Å². The van der Waals surface area contributed by atoms with Crippen LogP contribution in [0.1, 0.15) is 5.56 Å². The fraction of sp³-hybridized carbons (Fsp3) is 0.273. The Balaban J connectivity index is 2.20. The minimum absolute atomic E-state index is 0.0328. The Morgan fingerprint density at radius 1 is 1.56 bits per heavy atom. The zero-order valence-corrected chi connectivity index (χ0v) is 8.77. The standard InChI is InChI=1S/C11H11NO4/c1-12-9-5-8(16-6-11(14)15)3-2-7(9)4-10(12)13/h2-3,5H,4,6H2,1H3,(H,14,15). The second kappa shape index (κ2) is 3.84. The number of amides is 1. The summed E-state index contributed by atoms with van der Waals surface area (Å²) in [6.45, 7) is -0.379. The molecule has 0 spiro atoms. The third kappa shape index (κ3) is 1.84. The highest BCUT2D eigenvalue weighted by molar-refractivity contribution is 6.01. The number of fused-ring (bicyclic) bond motifs is 1. The van der Waals surface area contributed by atoms with Gasteiger partial charge < -0.3 is 14.7 Å². The van der Waals surface area contributed by atoms with Crippen LogP contribution in [0.15, 0.2) is 18.2 Å². The summed E-state index contributed by atoms with van der Waals surface area (Å²) in [6.07, 6.45) is 0.394. The first-order valence-corrected chi connectivity index (χ1v) is 4.82. The van der Waals surface area contributed by atoms with Gasteiger partial charge in [0, 0.05) is 13.1 Å². The summed E-state index contributed by atoms with van der Waals surface area (Å²) in [5.74, 6) is -0.530. The highest BCUT2D eigenvalue weighted by atomic mass is 16.5. The molecule has 2 rings (SSSR count). The molecule has 84 valence electrons. The van der Waals surface area contributed by atoms with Crippen molar-refractivity contribution in [2.45, 2.75) is 6.42 Å². The normalized spacial score (nSPS) is 13.8. The first-order valence-electron chi connectivity index (χ1n) is 4.82. The Bertz CT molecular complexity index is 455. The van der Waals surface area contributed by atoms with Crippen LogP contribution in [0, 0.1) is 0 Å². The quantitative estimate of drug-likeness (QED) is 0.814. The van der Waals surface area contributed by atoms with Gasteiger partial charge in [-0.25, -0.2) is 4.79 Å². The Morgan fingerprint density at radius 2 is 2.31 bits per heavy atom. The van der Waals surface area contributed by atoms with E-state index in [0.29, 0.717) is 12.2 Å². The van der Waals surface area contributed by atoms with Crippen LogP contribution in [-0.4, -0.2) is 30.6 Å². The second-order valence-corrected chi connectivity index (χ2v) is 3.60. The Kier molecular flexibility index (Phi) is 2.52. The number of anilines is 1. The van der Waals surface area contributed by atoms with Gasteiger partial charge in [-0.05, 0) is 11.6 Å². The number of aliphatic carboxylic acids is 1. The number of carbonyl (C=O) groups is 2. The zero-order chi connectivity index (χ0) is 11.7. The summed E-state index contributed by atoms with van der Waals surface area (Å²) < 4.78 is 5.04. The number of benzene rings is 1. The molecule has 5 nitrogen and oxygen atoms in total. The lowest BCUT2D eigenvalue weighted by atomic mass is 10.1. The van der Waals surface area contributed by atoms with Crippen LogP contribution in [-0.2, 0) is 16.0 Å². The Morgan fingerprint density at radius 3 is 3.00 bits per heavy atom. The summed E-state index contributed by atoms with van der Waals surface area (Å²) in [4.78, 5) is 23.3. The molecule has 1 aromatic carbocycles. The molecular weight excluding hydrogens is 210 g/mol. The first kappa shape index (κ1) is 10.5. The molecule has 1 aliphatic rings. The smallest absolute Gasteiger partial charge is 0.341 e. The van der Waals surface area contributed by atoms with Gasteiger partial charge in [-0.15, -0.1) is 0 Å². The summed E-state index contributed by atoms with van der Waals surface area (Å²) in [5, 5.41) is 8.47. The maximum absolute atomic E-state index is 11.4. The van der Waals surface area contributed by atoms with Gasteiger partial charge in [-0.2, -0.15) is 0 Å². The number of likely N-dealkylation sites (N-methyl/N-ethyl adjacent to an activating group) is 1. The number of hydrogen-bond acceptors (Lipinski definition) is 3. The number of hydrogen-bond donors (Lipinski definition) is 1. The molecule has 0 fully saturated rings. The lowest BCUT2D eigenvalue weighted by Gasteiger charge is -2.11. The number of carboxylic acid groups (broad SMARTS) is 1. The van der Waals surface area contributed by atoms with E-state index in [-0.39, 0.29) is 12.5 Å². The summed E-state index contributed by atoms with van der Waals surface area (Å²) in [7, 11) is 1.69.